The third kappa shape index (κ3) is 3.75. The fourth-order valence-corrected chi connectivity index (χ4v) is 3.35. The SMILES string of the molecule is C[C@H](Sc1nccn1C)C(=O)N[C@@H]1CCCC[C@@H]1C. The Morgan fingerprint density at radius 3 is 2.89 bits per heavy atom. The molecule has 0 spiro atoms. The van der Waals surface area contributed by atoms with Crippen LogP contribution in [0.15, 0.2) is 17.6 Å². The van der Waals surface area contributed by atoms with Gasteiger partial charge < -0.3 is 9.88 Å². The van der Waals surface area contributed by atoms with E-state index in [2.05, 4.69) is 17.2 Å². The fraction of sp³-hybridized carbons (Fsp3) is 0.714. The van der Waals surface area contributed by atoms with Gasteiger partial charge in [-0.2, -0.15) is 0 Å². The van der Waals surface area contributed by atoms with Crippen LogP contribution < -0.4 is 5.32 Å². The molecule has 19 heavy (non-hydrogen) atoms. The summed E-state index contributed by atoms with van der Waals surface area (Å²) in [5.41, 5.74) is 0. The highest BCUT2D eigenvalue weighted by atomic mass is 32.2. The van der Waals surface area contributed by atoms with Gasteiger partial charge in [0.2, 0.25) is 5.91 Å². The molecule has 1 saturated carbocycles. The Morgan fingerprint density at radius 1 is 1.53 bits per heavy atom. The summed E-state index contributed by atoms with van der Waals surface area (Å²) in [5.74, 6) is 0.731. The number of aromatic nitrogens is 2. The van der Waals surface area contributed by atoms with Crippen molar-refractivity contribution in [3.8, 4) is 0 Å². The highest BCUT2D eigenvalue weighted by Gasteiger charge is 2.25. The maximum atomic E-state index is 12.2. The molecule has 1 aliphatic rings. The first-order chi connectivity index (χ1) is 9.08. The largest absolute Gasteiger partial charge is 0.352 e. The van der Waals surface area contributed by atoms with Crippen molar-refractivity contribution in [2.75, 3.05) is 0 Å². The topological polar surface area (TPSA) is 46.9 Å². The minimum atomic E-state index is -0.102. The van der Waals surface area contributed by atoms with E-state index >= 15 is 0 Å². The van der Waals surface area contributed by atoms with Gasteiger partial charge in [0.15, 0.2) is 5.16 Å². The van der Waals surface area contributed by atoms with Gasteiger partial charge in [-0.3, -0.25) is 4.79 Å². The van der Waals surface area contributed by atoms with E-state index in [0.29, 0.717) is 12.0 Å². The molecule has 1 aromatic heterocycles. The summed E-state index contributed by atoms with van der Waals surface area (Å²) in [5, 5.41) is 3.99. The van der Waals surface area contributed by atoms with Crippen molar-refractivity contribution in [2.45, 2.75) is 56.0 Å². The summed E-state index contributed by atoms with van der Waals surface area (Å²) in [6, 6.07) is 0.352. The molecule has 1 amide bonds. The molecule has 5 heteroatoms. The standard InChI is InChI=1S/C14H23N3OS/c1-10-6-4-5-7-12(10)16-13(18)11(2)19-14-15-8-9-17(14)3/h8-12H,4-7H2,1-3H3,(H,16,18)/t10-,11-,12+/m0/s1. The summed E-state index contributed by atoms with van der Waals surface area (Å²) < 4.78 is 1.94. The predicted octanol–water partition coefficient (Wildman–Crippen LogP) is 2.60. The minimum Gasteiger partial charge on any atom is -0.352 e. The molecule has 4 nitrogen and oxygen atoms in total. The van der Waals surface area contributed by atoms with E-state index in [1.165, 1.54) is 31.0 Å². The quantitative estimate of drug-likeness (QED) is 0.863. The van der Waals surface area contributed by atoms with Crippen LogP contribution in [-0.2, 0) is 11.8 Å². The number of nitrogens with one attached hydrogen (secondary N) is 1. The smallest absolute Gasteiger partial charge is 0.233 e. The summed E-state index contributed by atoms with van der Waals surface area (Å²) in [6.07, 6.45) is 8.53. The van der Waals surface area contributed by atoms with Crippen molar-refractivity contribution in [2.24, 2.45) is 13.0 Å². The first-order valence-corrected chi connectivity index (χ1v) is 7.90. The highest BCUT2D eigenvalue weighted by Crippen LogP contribution is 2.25. The number of hydrogen-bond acceptors (Lipinski definition) is 3. The van der Waals surface area contributed by atoms with Crippen LogP contribution in [0.1, 0.15) is 39.5 Å². The van der Waals surface area contributed by atoms with E-state index < -0.39 is 0 Å². The number of rotatable bonds is 4. The number of thioether (sulfide) groups is 1. The number of carbonyl (C=O) groups is 1. The van der Waals surface area contributed by atoms with Gasteiger partial charge in [-0.25, -0.2) is 4.98 Å². The van der Waals surface area contributed by atoms with E-state index in [-0.39, 0.29) is 11.2 Å². The number of amides is 1. The average Bonchev–Trinajstić information content (AvgIpc) is 2.78. The molecule has 1 heterocycles. The lowest BCUT2D eigenvalue weighted by atomic mass is 9.86. The molecule has 106 valence electrons. The molecule has 1 aromatic rings. The zero-order valence-electron chi connectivity index (χ0n) is 11.9. The van der Waals surface area contributed by atoms with E-state index in [0.717, 1.165) is 11.6 Å². The molecule has 3 atom stereocenters. The zero-order chi connectivity index (χ0) is 13.8. The summed E-state index contributed by atoms with van der Waals surface area (Å²) in [4.78, 5) is 16.5. The third-order valence-electron chi connectivity index (χ3n) is 3.87. The normalized spacial score (nSPS) is 25.0. The Bertz CT molecular complexity index is 432. The summed E-state index contributed by atoms with van der Waals surface area (Å²) >= 11 is 1.51. The van der Waals surface area contributed by atoms with Crippen molar-refractivity contribution < 1.29 is 4.79 Å². The molecule has 0 unspecified atom stereocenters. The molecule has 1 aliphatic carbocycles. The lowest BCUT2D eigenvalue weighted by Crippen LogP contribution is -2.44. The molecule has 2 rings (SSSR count). The lowest BCUT2D eigenvalue weighted by Gasteiger charge is -2.30. The van der Waals surface area contributed by atoms with Gasteiger partial charge in [0.05, 0.1) is 5.25 Å². The molecule has 0 radical (unpaired) electrons. The Labute approximate surface area is 119 Å². The van der Waals surface area contributed by atoms with Crippen LogP contribution in [0.3, 0.4) is 0 Å². The molecular formula is C14H23N3OS. The van der Waals surface area contributed by atoms with Crippen LogP contribution in [-0.4, -0.2) is 26.8 Å². The van der Waals surface area contributed by atoms with E-state index in [4.69, 9.17) is 0 Å². The molecule has 0 saturated heterocycles. The van der Waals surface area contributed by atoms with E-state index in [9.17, 15) is 4.79 Å². The van der Waals surface area contributed by atoms with Crippen molar-refractivity contribution >= 4 is 17.7 Å². The molecule has 1 N–H and O–H groups in total. The zero-order valence-corrected chi connectivity index (χ0v) is 12.7. The fourth-order valence-electron chi connectivity index (χ4n) is 2.51. The maximum Gasteiger partial charge on any atom is 0.233 e. The first-order valence-electron chi connectivity index (χ1n) is 7.02. The van der Waals surface area contributed by atoms with E-state index in [1.807, 2.05) is 24.7 Å². The van der Waals surface area contributed by atoms with Gasteiger partial charge in [0, 0.05) is 25.5 Å². The second-order valence-corrected chi connectivity index (χ2v) is 6.77. The van der Waals surface area contributed by atoms with Crippen LogP contribution in [0.25, 0.3) is 0 Å². The Balaban J connectivity index is 1.87. The highest BCUT2D eigenvalue weighted by molar-refractivity contribution is 8.00. The number of carbonyl (C=O) groups excluding carboxylic acids is 1. The number of hydrogen-bond donors (Lipinski definition) is 1. The minimum absolute atomic E-state index is 0.102. The maximum absolute atomic E-state index is 12.2. The number of aryl methyl sites for hydroxylation is 1. The van der Waals surface area contributed by atoms with E-state index in [1.54, 1.807) is 6.20 Å². The van der Waals surface area contributed by atoms with Gasteiger partial charge in [-0.1, -0.05) is 31.5 Å². The molecule has 0 aliphatic heterocycles. The number of imidazole rings is 1. The van der Waals surface area contributed by atoms with Crippen molar-refractivity contribution in [3.05, 3.63) is 12.4 Å². The first kappa shape index (κ1) is 14.4. The van der Waals surface area contributed by atoms with Crippen LogP contribution in [0, 0.1) is 5.92 Å². The molecule has 1 fully saturated rings. The lowest BCUT2D eigenvalue weighted by molar-refractivity contribution is -0.121. The Hall–Kier alpha value is -0.970. The average molecular weight is 281 g/mol. The van der Waals surface area contributed by atoms with Crippen LogP contribution in [0.5, 0.6) is 0 Å². The second-order valence-electron chi connectivity index (χ2n) is 5.46. The summed E-state index contributed by atoms with van der Waals surface area (Å²) in [6.45, 7) is 4.18. The monoisotopic (exact) mass is 281 g/mol. The molecule has 0 aromatic carbocycles. The number of nitrogens with zero attached hydrogens (tertiary/aromatic N) is 2. The van der Waals surface area contributed by atoms with Gasteiger partial charge in [-0.05, 0) is 25.7 Å². The third-order valence-corrected chi connectivity index (χ3v) is 5.04. The van der Waals surface area contributed by atoms with Gasteiger partial charge in [0.1, 0.15) is 0 Å². The van der Waals surface area contributed by atoms with Crippen LogP contribution in [0.2, 0.25) is 0 Å². The van der Waals surface area contributed by atoms with Gasteiger partial charge >= 0.3 is 0 Å². The predicted molar refractivity (Wildman–Crippen MR) is 78.1 cm³/mol. The van der Waals surface area contributed by atoms with Crippen molar-refractivity contribution in [1.82, 2.24) is 14.9 Å². The van der Waals surface area contributed by atoms with Crippen molar-refractivity contribution in [1.29, 1.82) is 0 Å². The molecular weight excluding hydrogens is 258 g/mol. The van der Waals surface area contributed by atoms with Crippen LogP contribution in [0.4, 0.5) is 0 Å². The Kier molecular flexibility index (Phi) is 4.91. The van der Waals surface area contributed by atoms with Gasteiger partial charge in [0.25, 0.3) is 0 Å². The van der Waals surface area contributed by atoms with Crippen LogP contribution >= 0.6 is 11.8 Å². The Morgan fingerprint density at radius 2 is 2.26 bits per heavy atom. The second kappa shape index (κ2) is 6.46. The molecule has 0 bridgehead atoms. The van der Waals surface area contributed by atoms with Gasteiger partial charge in [-0.15, -0.1) is 0 Å². The van der Waals surface area contributed by atoms with Crippen molar-refractivity contribution in [3.63, 3.8) is 0 Å². The summed E-state index contributed by atoms with van der Waals surface area (Å²) in [7, 11) is 1.95.